The van der Waals surface area contributed by atoms with Crippen LogP contribution >= 0.6 is 0 Å². The van der Waals surface area contributed by atoms with Gasteiger partial charge in [0, 0.05) is 18.0 Å². The number of nitrogens with one attached hydrogen (secondary N) is 3. The van der Waals surface area contributed by atoms with Crippen molar-refractivity contribution in [2.75, 3.05) is 6.54 Å². The van der Waals surface area contributed by atoms with E-state index in [1.807, 2.05) is 4.90 Å². The number of ether oxygens (including phenoxy) is 1. The van der Waals surface area contributed by atoms with Crippen LogP contribution in [0.2, 0.25) is 0 Å². The number of rotatable bonds is 0. The first-order valence-corrected chi connectivity index (χ1v) is 13.1. The van der Waals surface area contributed by atoms with Crippen LogP contribution in [-0.2, 0) is 4.74 Å². The van der Waals surface area contributed by atoms with Crippen molar-refractivity contribution < 1.29 is 35.5 Å². The SMILES string of the molecule is NC1CC(C(F)(F)F)C2NC1C1NNC(O1)[C@H](C(F)(F)F)C1CC(CCC[C@@H]3CCCN23)CCC1F. The van der Waals surface area contributed by atoms with E-state index in [-0.39, 0.29) is 31.2 Å². The smallest absolute Gasteiger partial charge is 0.340 e. The number of piperidine rings is 1. The minimum atomic E-state index is -4.71. The molecule has 4 heterocycles. The number of nitrogens with zero attached hydrogens (tertiary/aromatic N) is 1. The summed E-state index contributed by atoms with van der Waals surface area (Å²) in [5, 5.41) is 3.04. The molecule has 13 heteroatoms. The molecule has 5 aliphatic rings. The molecule has 1 aliphatic carbocycles. The zero-order valence-corrected chi connectivity index (χ0v) is 20.0. The molecule has 0 radical (unpaired) electrons. The highest BCUT2D eigenvalue weighted by Crippen LogP contribution is 2.47. The molecule has 6 bridgehead atoms. The highest BCUT2D eigenvalue weighted by atomic mass is 19.4. The van der Waals surface area contributed by atoms with Crippen LogP contribution < -0.4 is 21.9 Å². The Labute approximate surface area is 206 Å². The number of hydrogen-bond acceptors (Lipinski definition) is 6. The molecule has 208 valence electrons. The van der Waals surface area contributed by atoms with E-state index in [1.54, 1.807) is 0 Å². The molecular formula is C23H36F7N5O. The van der Waals surface area contributed by atoms with Gasteiger partial charge in [0.2, 0.25) is 0 Å². The quantitative estimate of drug-likeness (QED) is 0.359. The van der Waals surface area contributed by atoms with Crippen LogP contribution in [-0.4, -0.2) is 66.7 Å². The Morgan fingerprint density at radius 2 is 1.56 bits per heavy atom. The minimum Gasteiger partial charge on any atom is -0.340 e. The van der Waals surface area contributed by atoms with E-state index in [0.29, 0.717) is 32.2 Å². The molecule has 5 rings (SSSR count). The molecule has 0 spiro atoms. The molecule has 4 aliphatic heterocycles. The molecule has 0 aromatic carbocycles. The van der Waals surface area contributed by atoms with E-state index in [1.165, 1.54) is 0 Å². The lowest BCUT2D eigenvalue weighted by molar-refractivity contribution is -0.236. The second-order valence-corrected chi connectivity index (χ2v) is 11.3. The van der Waals surface area contributed by atoms with Crippen molar-refractivity contribution in [3.63, 3.8) is 0 Å². The van der Waals surface area contributed by atoms with Crippen LogP contribution in [0.15, 0.2) is 0 Å². The van der Waals surface area contributed by atoms with Crippen molar-refractivity contribution >= 4 is 0 Å². The van der Waals surface area contributed by atoms with Crippen LogP contribution in [0, 0.1) is 23.7 Å². The molecule has 5 N–H and O–H groups in total. The average molecular weight is 532 g/mol. The molecule has 4 saturated heterocycles. The zero-order chi connectivity index (χ0) is 25.8. The predicted octanol–water partition coefficient (Wildman–Crippen LogP) is 3.54. The molecule has 0 aromatic heterocycles. The fourth-order valence-corrected chi connectivity index (χ4v) is 7.40. The molecule has 6 nitrogen and oxygen atoms in total. The van der Waals surface area contributed by atoms with Crippen molar-refractivity contribution in [3.8, 4) is 0 Å². The molecule has 1 saturated carbocycles. The van der Waals surface area contributed by atoms with Crippen LogP contribution in [0.5, 0.6) is 0 Å². The summed E-state index contributed by atoms with van der Waals surface area (Å²) in [5.74, 6) is -5.07. The normalized spacial score (nSPS) is 47.2. The first kappa shape index (κ1) is 26.9. The lowest BCUT2D eigenvalue weighted by atomic mass is 9.71. The lowest BCUT2D eigenvalue weighted by Crippen LogP contribution is -2.70. The van der Waals surface area contributed by atoms with Gasteiger partial charge in [-0.15, -0.1) is 0 Å². The van der Waals surface area contributed by atoms with E-state index in [0.717, 1.165) is 12.8 Å². The van der Waals surface area contributed by atoms with E-state index in [2.05, 4.69) is 16.2 Å². The third-order valence-corrected chi connectivity index (χ3v) is 9.16. The highest BCUT2D eigenvalue weighted by Gasteiger charge is 2.58. The lowest BCUT2D eigenvalue weighted by Gasteiger charge is -2.48. The van der Waals surface area contributed by atoms with E-state index in [9.17, 15) is 30.7 Å². The van der Waals surface area contributed by atoms with Crippen molar-refractivity contribution in [2.24, 2.45) is 29.4 Å². The first-order valence-electron chi connectivity index (χ1n) is 13.1. The highest BCUT2D eigenvalue weighted by molar-refractivity contribution is 5.03. The standard InChI is InChI=1S/C23H36F7N5O/c24-15-7-6-11-3-1-4-12-5-2-8-35(12)19-14(22(25,26)27)10-16(31)18(32-19)21-34-33-20(36-21)17(13(15)9-11)23(28,29)30/h11-21,32-34H,1-10,31H2/t11?,12-,13?,14?,15?,16?,17-,18?,19?,20?,21?/m1/s1. The first-order chi connectivity index (χ1) is 16.9. The molecule has 11 atom stereocenters. The third-order valence-electron chi connectivity index (χ3n) is 9.16. The molecule has 9 unspecified atom stereocenters. The summed E-state index contributed by atoms with van der Waals surface area (Å²) < 4.78 is 106. The van der Waals surface area contributed by atoms with Gasteiger partial charge in [-0.05, 0) is 57.4 Å². The van der Waals surface area contributed by atoms with Gasteiger partial charge in [-0.1, -0.05) is 12.8 Å². The second-order valence-electron chi connectivity index (χ2n) is 11.3. The molecule has 5 fully saturated rings. The van der Waals surface area contributed by atoms with Crippen molar-refractivity contribution in [3.05, 3.63) is 0 Å². The summed E-state index contributed by atoms with van der Waals surface area (Å²) in [6.07, 6.45) is -10.5. The number of fused-ring (bicyclic) bond motifs is 9. The van der Waals surface area contributed by atoms with Crippen molar-refractivity contribution in [2.45, 2.75) is 113 Å². The maximum absolute atomic E-state index is 14.9. The van der Waals surface area contributed by atoms with Crippen LogP contribution in [0.3, 0.4) is 0 Å². The van der Waals surface area contributed by atoms with Gasteiger partial charge in [0.1, 0.15) is 24.5 Å². The maximum Gasteiger partial charge on any atom is 0.396 e. The van der Waals surface area contributed by atoms with Gasteiger partial charge in [-0.25, -0.2) is 15.2 Å². The predicted molar refractivity (Wildman–Crippen MR) is 117 cm³/mol. The number of hydrazine groups is 1. The van der Waals surface area contributed by atoms with Gasteiger partial charge in [-0.2, -0.15) is 26.3 Å². The van der Waals surface area contributed by atoms with E-state index in [4.69, 9.17) is 10.5 Å². The third kappa shape index (κ3) is 5.25. The summed E-state index contributed by atoms with van der Waals surface area (Å²) in [4.78, 5) is 1.89. The summed E-state index contributed by atoms with van der Waals surface area (Å²) >= 11 is 0. The fourth-order valence-electron chi connectivity index (χ4n) is 7.40. The summed E-state index contributed by atoms with van der Waals surface area (Å²) in [5.41, 5.74) is 11.4. The Kier molecular flexibility index (Phi) is 7.54. The van der Waals surface area contributed by atoms with Gasteiger partial charge in [-0.3, -0.25) is 10.2 Å². The van der Waals surface area contributed by atoms with Gasteiger partial charge in [0.25, 0.3) is 0 Å². The Morgan fingerprint density at radius 1 is 0.833 bits per heavy atom. The van der Waals surface area contributed by atoms with Crippen LogP contribution in [0.4, 0.5) is 30.7 Å². The number of nitrogens with two attached hydrogens (primary N) is 1. The number of hydrogen-bond donors (Lipinski definition) is 4. The Hall–Kier alpha value is -0.730. The Morgan fingerprint density at radius 3 is 2.28 bits per heavy atom. The fraction of sp³-hybridized carbons (Fsp3) is 1.00. The largest absolute Gasteiger partial charge is 0.396 e. The molecule has 0 aromatic rings. The molecule has 0 amide bonds. The van der Waals surface area contributed by atoms with Crippen LogP contribution in [0.25, 0.3) is 0 Å². The molecular weight excluding hydrogens is 495 g/mol. The number of halogens is 7. The summed E-state index contributed by atoms with van der Waals surface area (Å²) in [6.45, 7) is 0.516. The van der Waals surface area contributed by atoms with Gasteiger partial charge in [0.15, 0.2) is 0 Å². The summed E-state index contributed by atoms with van der Waals surface area (Å²) in [7, 11) is 0. The van der Waals surface area contributed by atoms with Crippen molar-refractivity contribution in [1.29, 1.82) is 0 Å². The maximum atomic E-state index is 14.9. The van der Waals surface area contributed by atoms with Gasteiger partial charge in [0.05, 0.1) is 18.1 Å². The number of alkyl halides is 7. The van der Waals surface area contributed by atoms with Crippen molar-refractivity contribution in [1.82, 2.24) is 21.1 Å². The Bertz CT molecular complexity index is 770. The zero-order valence-electron chi connectivity index (χ0n) is 20.0. The molecule has 36 heavy (non-hydrogen) atoms. The second kappa shape index (κ2) is 10.1. The van der Waals surface area contributed by atoms with Gasteiger partial charge < -0.3 is 10.5 Å². The Balaban J connectivity index is 1.47. The van der Waals surface area contributed by atoms with E-state index < -0.39 is 67.0 Å². The van der Waals surface area contributed by atoms with E-state index >= 15 is 0 Å². The van der Waals surface area contributed by atoms with Gasteiger partial charge >= 0.3 is 12.4 Å². The average Bonchev–Trinajstić information content (AvgIpc) is 3.44. The monoisotopic (exact) mass is 531 g/mol. The summed E-state index contributed by atoms with van der Waals surface area (Å²) in [6, 6.07) is -1.90. The topological polar surface area (TPSA) is 74.6 Å². The minimum absolute atomic E-state index is 0.0491. The van der Waals surface area contributed by atoms with Crippen LogP contribution in [0.1, 0.15) is 57.8 Å².